The van der Waals surface area contributed by atoms with E-state index in [2.05, 4.69) is 4.90 Å². The summed E-state index contributed by atoms with van der Waals surface area (Å²) < 4.78 is 5.20. The summed E-state index contributed by atoms with van der Waals surface area (Å²) >= 11 is 0. The fraction of sp³-hybridized carbons (Fsp3) is 0.882. The summed E-state index contributed by atoms with van der Waals surface area (Å²) in [6.07, 6.45) is 4.66. The molecule has 22 heavy (non-hydrogen) atoms. The molecular weight excluding hydrogens is 278 g/mol. The third-order valence-corrected chi connectivity index (χ3v) is 6.14. The van der Waals surface area contributed by atoms with Gasteiger partial charge in [-0.3, -0.25) is 14.7 Å². The number of aliphatic imine (C=N–C) groups is 1. The summed E-state index contributed by atoms with van der Waals surface area (Å²) in [6.45, 7) is 6.80. The molecule has 5 heteroatoms. The SMILES string of the molecule is COCCN1C[C@H]2CC[C@@]3(N=C(C)N(CC4CC4)C3=O)[C@H]2C1. The van der Waals surface area contributed by atoms with Crippen LogP contribution in [0.3, 0.4) is 0 Å². The normalized spacial score (nSPS) is 38.2. The number of carbonyl (C=O) groups is 1. The molecule has 0 unspecified atom stereocenters. The van der Waals surface area contributed by atoms with Gasteiger partial charge in [-0.2, -0.15) is 0 Å². The highest BCUT2D eigenvalue weighted by atomic mass is 16.5. The number of amidine groups is 1. The van der Waals surface area contributed by atoms with E-state index in [1.165, 1.54) is 12.8 Å². The minimum absolute atomic E-state index is 0.304. The number of hydrogen-bond acceptors (Lipinski definition) is 4. The first-order chi connectivity index (χ1) is 10.6. The molecule has 0 bridgehead atoms. The van der Waals surface area contributed by atoms with Gasteiger partial charge in [0.2, 0.25) is 0 Å². The van der Waals surface area contributed by atoms with Crippen molar-refractivity contribution in [3.63, 3.8) is 0 Å². The van der Waals surface area contributed by atoms with Crippen molar-refractivity contribution in [2.75, 3.05) is 39.9 Å². The Bertz CT molecular complexity index is 502. The Kier molecular flexibility index (Phi) is 3.53. The lowest BCUT2D eigenvalue weighted by Crippen LogP contribution is -2.47. The maximum atomic E-state index is 13.1. The van der Waals surface area contributed by atoms with Gasteiger partial charge in [0, 0.05) is 39.2 Å². The van der Waals surface area contributed by atoms with E-state index in [-0.39, 0.29) is 0 Å². The average Bonchev–Trinajstić information content (AvgIpc) is 3.06. The Balaban J connectivity index is 1.51. The second-order valence-corrected chi connectivity index (χ2v) is 7.60. The Morgan fingerprint density at radius 3 is 2.86 bits per heavy atom. The molecule has 2 heterocycles. The Morgan fingerprint density at radius 1 is 1.32 bits per heavy atom. The first kappa shape index (κ1) is 14.6. The van der Waals surface area contributed by atoms with Gasteiger partial charge < -0.3 is 9.64 Å². The second-order valence-electron chi connectivity index (χ2n) is 7.60. The smallest absolute Gasteiger partial charge is 0.256 e. The van der Waals surface area contributed by atoms with Crippen molar-refractivity contribution in [2.24, 2.45) is 22.7 Å². The number of hydrogen-bond donors (Lipinski definition) is 0. The van der Waals surface area contributed by atoms with Crippen molar-refractivity contribution in [3.8, 4) is 0 Å². The summed E-state index contributed by atoms with van der Waals surface area (Å²) in [5.41, 5.74) is -0.425. The van der Waals surface area contributed by atoms with Gasteiger partial charge in [0.1, 0.15) is 11.4 Å². The van der Waals surface area contributed by atoms with Crippen LogP contribution in [-0.2, 0) is 9.53 Å². The summed E-state index contributed by atoms with van der Waals surface area (Å²) in [7, 11) is 1.75. The number of methoxy groups -OCH3 is 1. The van der Waals surface area contributed by atoms with Crippen LogP contribution in [0.4, 0.5) is 0 Å². The van der Waals surface area contributed by atoms with E-state index >= 15 is 0 Å². The van der Waals surface area contributed by atoms with Crippen molar-refractivity contribution in [1.29, 1.82) is 0 Å². The predicted molar refractivity (Wildman–Crippen MR) is 84.8 cm³/mol. The molecule has 122 valence electrons. The lowest BCUT2D eigenvalue weighted by molar-refractivity contribution is -0.132. The van der Waals surface area contributed by atoms with Crippen molar-refractivity contribution in [1.82, 2.24) is 9.80 Å². The molecule has 4 rings (SSSR count). The first-order valence-electron chi connectivity index (χ1n) is 8.74. The van der Waals surface area contributed by atoms with E-state index in [0.29, 0.717) is 17.7 Å². The van der Waals surface area contributed by atoms with E-state index in [1.807, 2.05) is 11.8 Å². The first-order valence-corrected chi connectivity index (χ1v) is 8.74. The Labute approximate surface area is 132 Å². The maximum absolute atomic E-state index is 13.1. The molecule has 3 fully saturated rings. The number of amides is 1. The molecule has 0 aromatic carbocycles. The standard InChI is InChI=1S/C17H27N3O2/c1-12-18-17(16(21)20(12)9-13-3-4-13)6-5-14-10-19(7-8-22-2)11-15(14)17/h13-15H,3-11H2,1-2H3/t14-,15+,17-/m1/s1. The van der Waals surface area contributed by atoms with Crippen LogP contribution in [-0.4, -0.2) is 67.0 Å². The third-order valence-electron chi connectivity index (χ3n) is 6.14. The average molecular weight is 305 g/mol. The largest absolute Gasteiger partial charge is 0.383 e. The molecule has 4 aliphatic rings. The molecule has 1 spiro atoms. The topological polar surface area (TPSA) is 45.1 Å². The fourth-order valence-electron chi connectivity index (χ4n) is 4.74. The van der Waals surface area contributed by atoms with Crippen LogP contribution in [0.2, 0.25) is 0 Å². The lowest BCUT2D eigenvalue weighted by Gasteiger charge is -2.28. The molecule has 2 aliphatic heterocycles. The molecule has 3 atom stereocenters. The molecule has 1 amide bonds. The zero-order valence-electron chi connectivity index (χ0n) is 13.8. The zero-order chi connectivity index (χ0) is 15.3. The van der Waals surface area contributed by atoms with E-state index in [0.717, 1.165) is 57.4 Å². The van der Waals surface area contributed by atoms with Crippen LogP contribution < -0.4 is 0 Å². The van der Waals surface area contributed by atoms with Gasteiger partial charge in [-0.05, 0) is 44.4 Å². The molecule has 2 saturated carbocycles. The molecule has 0 N–H and O–H groups in total. The number of nitrogens with zero attached hydrogens (tertiary/aromatic N) is 3. The highest BCUT2D eigenvalue weighted by Gasteiger charge is 2.60. The number of fused-ring (bicyclic) bond motifs is 2. The van der Waals surface area contributed by atoms with Crippen LogP contribution >= 0.6 is 0 Å². The number of carbonyl (C=O) groups excluding carboxylic acids is 1. The van der Waals surface area contributed by atoms with Gasteiger partial charge >= 0.3 is 0 Å². The van der Waals surface area contributed by atoms with Gasteiger partial charge in [-0.15, -0.1) is 0 Å². The molecule has 5 nitrogen and oxygen atoms in total. The molecule has 1 saturated heterocycles. The van der Waals surface area contributed by atoms with Crippen molar-refractivity contribution in [2.45, 2.75) is 38.1 Å². The molecular formula is C17H27N3O2. The minimum atomic E-state index is -0.425. The van der Waals surface area contributed by atoms with E-state index in [9.17, 15) is 4.79 Å². The van der Waals surface area contributed by atoms with Gasteiger partial charge in [0.25, 0.3) is 5.91 Å². The quantitative estimate of drug-likeness (QED) is 0.771. The van der Waals surface area contributed by atoms with Gasteiger partial charge in [0.15, 0.2) is 0 Å². The molecule has 0 aromatic heterocycles. The van der Waals surface area contributed by atoms with E-state index in [4.69, 9.17) is 9.73 Å². The van der Waals surface area contributed by atoms with Gasteiger partial charge in [-0.25, -0.2) is 0 Å². The third kappa shape index (κ3) is 2.21. The van der Waals surface area contributed by atoms with E-state index < -0.39 is 5.54 Å². The van der Waals surface area contributed by atoms with Crippen LogP contribution in [0.15, 0.2) is 4.99 Å². The number of likely N-dealkylation sites (tertiary alicyclic amines) is 1. The van der Waals surface area contributed by atoms with Crippen LogP contribution in [0.25, 0.3) is 0 Å². The number of ether oxygens (including phenoxy) is 1. The number of rotatable bonds is 5. The van der Waals surface area contributed by atoms with Gasteiger partial charge in [0.05, 0.1) is 6.61 Å². The summed E-state index contributed by atoms with van der Waals surface area (Å²) in [6, 6.07) is 0. The molecule has 0 aromatic rings. The summed E-state index contributed by atoms with van der Waals surface area (Å²) in [4.78, 5) is 22.5. The highest BCUT2D eigenvalue weighted by molar-refractivity contribution is 6.07. The van der Waals surface area contributed by atoms with Crippen molar-refractivity contribution < 1.29 is 9.53 Å². The van der Waals surface area contributed by atoms with Crippen LogP contribution in [0.1, 0.15) is 32.6 Å². The highest BCUT2D eigenvalue weighted by Crippen LogP contribution is 2.50. The predicted octanol–water partition coefficient (Wildman–Crippen LogP) is 1.38. The molecule has 2 aliphatic carbocycles. The minimum Gasteiger partial charge on any atom is -0.383 e. The monoisotopic (exact) mass is 305 g/mol. The van der Waals surface area contributed by atoms with Crippen LogP contribution in [0.5, 0.6) is 0 Å². The Hall–Kier alpha value is -0.940. The maximum Gasteiger partial charge on any atom is 0.256 e. The molecule has 0 radical (unpaired) electrons. The van der Waals surface area contributed by atoms with Crippen LogP contribution in [0, 0.1) is 17.8 Å². The zero-order valence-corrected chi connectivity index (χ0v) is 13.8. The van der Waals surface area contributed by atoms with Gasteiger partial charge in [-0.1, -0.05) is 0 Å². The summed E-state index contributed by atoms with van der Waals surface area (Å²) in [5.74, 6) is 3.04. The van der Waals surface area contributed by atoms with E-state index in [1.54, 1.807) is 7.11 Å². The van der Waals surface area contributed by atoms with Crippen molar-refractivity contribution in [3.05, 3.63) is 0 Å². The fourth-order valence-corrected chi connectivity index (χ4v) is 4.74. The second kappa shape index (κ2) is 5.31. The summed E-state index contributed by atoms with van der Waals surface area (Å²) in [5, 5.41) is 0. The Morgan fingerprint density at radius 2 is 2.14 bits per heavy atom. The lowest BCUT2D eigenvalue weighted by atomic mass is 9.85. The van der Waals surface area contributed by atoms with Crippen molar-refractivity contribution >= 4 is 11.7 Å².